The molecule has 1 aliphatic carbocycles. The van der Waals surface area contributed by atoms with Gasteiger partial charge in [0, 0.05) is 23.3 Å². The van der Waals surface area contributed by atoms with Gasteiger partial charge in [0.15, 0.2) is 5.82 Å². The number of carbonyl (C=O) groups excluding carboxylic acids is 1. The summed E-state index contributed by atoms with van der Waals surface area (Å²) in [4.78, 5) is 20.9. The third kappa shape index (κ3) is 3.39. The number of carbonyl (C=O) groups is 1. The zero-order valence-electron chi connectivity index (χ0n) is 16.4. The van der Waals surface area contributed by atoms with Gasteiger partial charge >= 0.3 is 6.55 Å². The Morgan fingerprint density at radius 1 is 1.19 bits per heavy atom. The number of fused-ring (bicyclic) bond motifs is 3. The zero-order valence-corrected chi connectivity index (χ0v) is 16.4. The minimum atomic E-state index is -2.73. The number of hydrogen-bond acceptors (Lipinski definition) is 5. The molecule has 1 aromatic carbocycles. The summed E-state index contributed by atoms with van der Waals surface area (Å²) in [7, 11) is 0. The lowest BCUT2D eigenvalue weighted by molar-refractivity contribution is -0.115. The van der Waals surface area contributed by atoms with E-state index in [1.165, 1.54) is 23.8 Å². The molecule has 3 N–H and O–H groups in total. The van der Waals surface area contributed by atoms with Gasteiger partial charge in [-0.25, -0.2) is 14.6 Å². The minimum Gasteiger partial charge on any atom is -0.382 e. The lowest BCUT2D eigenvalue weighted by Gasteiger charge is -2.12. The summed E-state index contributed by atoms with van der Waals surface area (Å²) in [6.45, 7) is -2.73. The van der Waals surface area contributed by atoms with E-state index in [9.17, 15) is 13.6 Å². The van der Waals surface area contributed by atoms with E-state index < -0.39 is 6.55 Å². The molecule has 0 saturated heterocycles. The molecule has 0 saturated carbocycles. The first kappa shape index (κ1) is 19.2. The summed E-state index contributed by atoms with van der Waals surface area (Å²) >= 11 is 0. The van der Waals surface area contributed by atoms with E-state index in [1.54, 1.807) is 12.1 Å². The van der Waals surface area contributed by atoms with Crippen LogP contribution in [-0.4, -0.2) is 30.2 Å². The van der Waals surface area contributed by atoms with E-state index in [-0.39, 0.29) is 12.3 Å². The summed E-state index contributed by atoms with van der Waals surface area (Å²) < 4.78 is 27.8. The van der Waals surface area contributed by atoms with Gasteiger partial charge in [0.1, 0.15) is 11.8 Å². The van der Waals surface area contributed by atoms with Crippen LogP contribution >= 0.6 is 0 Å². The van der Waals surface area contributed by atoms with Gasteiger partial charge in [-0.1, -0.05) is 0 Å². The summed E-state index contributed by atoms with van der Waals surface area (Å²) in [6, 6.07) is 7.38. The number of nitrogen functional groups attached to an aromatic ring is 1. The highest BCUT2D eigenvalue weighted by molar-refractivity contribution is 5.93. The zero-order chi connectivity index (χ0) is 21.5. The number of alkyl halides is 2. The molecule has 10 heteroatoms. The van der Waals surface area contributed by atoms with E-state index in [0.29, 0.717) is 21.8 Å². The molecule has 0 spiro atoms. The molecule has 31 heavy (non-hydrogen) atoms. The number of nitrogens with one attached hydrogen (secondary N) is 1. The molecule has 158 valence electrons. The minimum absolute atomic E-state index is 0.0436. The highest BCUT2D eigenvalue weighted by atomic mass is 19.3. The second-order valence-electron chi connectivity index (χ2n) is 7.45. The topological polar surface area (TPSA) is 104 Å². The van der Waals surface area contributed by atoms with E-state index >= 15 is 0 Å². The van der Waals surface area contributed by atoms with E-state index in [4.69, 9.17) is 5.73 Å². The van der Waals surface area contributed by atoms with Crippen molar-refractivity contribution in [1.82, 2.24) is 24.3 Å². The fraction of sp³-hybridized carbons (Fsp3) is 0.238. The average molecular weight is 423 g/mol. The predicted molar refractivity (Wildman–Crippen MR) is 111 cm³/mol. The number of nitrogens with two attached hydrogens (primary N) is 1. The summed E-state index contributed by atoms with van der Waals surface area (Å²) in [6.07, 6.45) is 6.85. The maximum atomic E-state index is 12.6. The number of amides is 1. The van der Waals surface area contributed by atoms with E-state index in [0.717, 1.165) is 42.2 Å². The number of nitrogens with zero attached hydrogens (tertiary/aromatic N) is 5. The van der Waals surface area contributed by atoms with Crippen LogP contribution in [-0.2, 0) is 24.1 Å². The van der Waals surface area contributed by atoms with Crippen LogP contribution in [0.2, 0.25) is 0 Å². The number of benzene rings is 1. The number of rotatable bonds is 5. The Kier molecular flexibility index (Phi) is 4.61. The van der Waals surface area contributed by atoms with Crippen molar-refractivity contribution < 1.29 is 13.6 Å². The fourth-order valence-electron chi connectivity index (χ4n) is 4.14. The van der Waals surface area contributed by atoms with Gasteiger partial charge in [-0.15, -0.1) is 0 Å². The van der Waals surface area contributed by atoms with Crippen molar-refractivity contribution in [2.75, 3.05) is 11.1 Å². The van der Waals surface area contributed by atoms with Gasteiger partial charge in [-0.05, 0) is 54.7 Å². The third-order valence-corrected chi connectivity index (χ3v) is 5.45. The molecule has 1 aliphatic rings. The van der Waals surface area contributed by atoms with Gasteiger partial charge in [0.2, 0.25) is 5.91 Å². The average Bonchev–Trinajstić information content (AvgIpc) is 3.45. The Morgan fingerprint density at radius 3 is 2.74 bits per heavy atom. The normalized spacial score (nSPS) is 13.1. The first-order valence-electron chi connectivity index (χ1n) is 9.85. The lowest BCUT2D eigenvalue weighted by atomic mass is 10.2. The first-order chi connectivity index (χ1) is 15.0. The summed E-state index contributed by atoms with van der Waals surface area (Å²) in [5.74, 6) is 0.118. The van der Waals surface area contributed by atoms with Crippen molar-refractivity contribution in [2.24, 2.45) is 0 Å². The van der Waals surface area contributed by atoms with Crippen molar-refractivity contribution in [2.45, 2.75) is 32.2 Å². The molecule has 0 aliphatic heterocycles. The standard InChI is InChI=1S/C21H19F2N7O/c22-21(23)29-10-12(9-27-29)8-17(31)28-13-4-6-14(7-5-13)30-16-3-1-2-15(16)18-19(30)20(24)26-11-25-18/h4-7,9-11,21H,1-3,8H2,(H,28,31)(H2,24,25,26). The van der Waals surface area contributed by atoms with Gasteiger partial charge < -0.3 is 15.6 Å². The SMILES string of the molecule is Nc1ncnc2c3c(n(-c4ccc(NC(=O)Cc5cnn(C(F)F)c5)cc4)c12)CCC3. The monoisotopic (exact) mass is 423 g/mol. The molecule has 3 heterocycles. The Bertz CT molecular complexity index is 1280. The predicted octanol–water partition coefficient (Wildman–Crippen LogP) is 3.26. The molecule has 8 nitrogen and oxygen atoms in total. The molecule has 0 atom stereocenters. The van der Waals surface area contributed by atoms with Crippen molar-refractivity contribution >= 4 is 28.4 Å². The molecule has 0 radical (unpaired) electrons. The van der Waals surface area contributed by atoms with Crippen molar-refractivity contribution in [1.29, 1.82) is 0 Å². The molecule has 0 unspecified atom stereocenters. The maximum absolute atomic E-state index is 12.6. The Balaban J connectivity index is 1.38. The third-order valence-electron chi connectivity index (χ3n) is 5.45. The molecular weight excluding hydrogens is 404 g/mol. The van der Waals surface area contributed by atoms with Crippen LogP contribution in [0.3, 0.4) is 0 Å². The molecule has 3 aromatic heterocycles. The Labute approximate surface area is 175 Å². The van der Waals surface area contributed by atoms with Gasteiger partial charge in [-0.2, -0.15) is 13.9 Å². The second kappa shape index (κ2) is 7.46. The van der Waals surface area contributed by atoms with Crippen molar-refractivity contribution in [3.63, 3.8) is 0 Å². The van der Waals surface area contributed by atoms with Crippen LogP contribution in [0.15, 0.2) is 43.0 Å². The molecule has 4 aromatic rings. The largest absolute Gasteiger partial charge is 0.382 e. The quantitative estimate of drug-likeness (QED) is 0.513. The fourth-order valence-corrected chi connectivity index (χ4v) is 4.14. The molecule has 1 amide bonds. The van der Waals surface area contributed by atoms with Crippen molar-refractivity contribution in [3.05, 3.63) is 59.8 Å². The summed E-state index contributed by atoms with van der Waals surface area (Å²) in [5.41, 5.74) is 12.2. The second-order valence-corrected chi connectivity index (χ2v) is 7.45. The molecule has 5 rings (SSSR count). The van der Waals surface area contributed by atoms with Crippen LogP contribution in [0.1, 0.15) is 29.8 Å². The van der Waals surface area contributed by atoms with E-state index in [2.05, 4.69) is 25.0 Å². The number of hydrogen-bond donors (Lipinski definition) is 2. The van der Waals surface area contributed by atoms with Crippen LogP contribution in [0, 0.1) is 0 Å². The first-order valence-corrected chi connectivity index (χ1v) is 9.85. The van der Waals surface area contributed by atoms with Crippen LogP contribution < -0.4 is 11.1 Å². The van der Waals surface area contributed by atoms with Gasteiger partial charge in [0.05, 0.1) is 18.1 Å². The van der Waals surface area contributed by atoms with E-state index in [1.807, 2.05) is 12.1 Å². The Morgan fingerprint density at radius 2 is 2.00 bits per heavy atom. The van der Waals surface area contributed by atoms with Crippen LogP contribution in [0.4, 0.5) is 20.3 Å². The number of halogens is 2. The number of aryl methyl sites for hydroxylation is 1. The van der Waals surface area contributed by atoms with Gasteiger partial charge in [0.25, 0.3) is 0 Å². The summed E-state index contributed by atoms with van der Waals surface area (Å²) in [5, 5.41) is 6.32. The molecular formula is C21H19F2N7O. The van der Waals surface area contributed by atoms with Crippen LogP contribution in [0.25, 0.3) is 16.7 Å². The number of anilines is 2. The molecule has 0 bridgehead atoms. The van der Waals surface area contributed by atoms with Crippen LogP contribution in [0.5, 0.6) is 0 Å². The number of aromatic nitrogens is 5. The smallest absolute Gasteiger partial charge is 0.333 e. The maximum Gasteiger partial charge on any atom is 0.333 e. The highest BCUT2D eigenvalue weighted by Gasteiger charge is 2.25. The van der Waals surface area contributed by atoms with Crippen molar-refractivity contribution in [3.8, 4) is 5.69 Å². The van der Waals surface area contributed by atoms with Gasteiger partial charge in [-0.3, -0.25) is 4.79 Å². The Hall–Kier alpha value is -3.82. The lowest BCUT2D eigenvalue weighted by Crippen LogP contribution is -2.14. The molecule has 0 fully saturated rings. The highest BCUT2D eigenvalue weighted by Crippen LogP contribution is 2.36.